The van der Waals surface area contributed by atoms with Crippen LogP contribution in [0.25, 0.3) is 0 Å². The van der Waals surface area contributed by atoms with Gasteiger partial charge in [-0.2, -0.15) is 0 Å². The van der Waals surface area contributed by atoms with E-state index in [0.29, 0.717) is 26.1 Å². The van der Waals surface area contributed by atoms with Crippen LogP contribution in [-0.4, -0.2) is 83.5 Å². The Hall–Kier alpha value is -1.54. The molecule has 0 bridgehead atoms. The van der Waals surface area contributed by atoms with Crippen LogP contribution < -0.4 is 10.6 Å². The van der Waals surface area contributed by atoms with Crippen molar-refractivity contribution >= 4 is 29.5 Å². The van der Waals surface area contributed by atoms with Gasteiger partial charge >= 0.3 is 6.09 Å². The summed E-state index contributed by atoms with van der Waals surface area (Å²) in [5, 5.41) is 5.97. The topological polar surface area (TPSA) is 91.0 Å². The summed E-state index contributed by atoms with van der Waals surface area (Å²) in [6.45, 7) is 13.4. The number of alkyl halides is 1. The summed E-state index contributed by atoms with van der Waals surface area (Å²) >= 11 is 6.63. The summed E-state index contributed by atoms with van der Waals surface area (Å²) in [4.78, 5) is 41.9. The van der Waals surface area contributed by atoms with E-state index in [2.05, 4.69) is 36.4 Å². The van der Waals surface area contributed by atoms with E-state index < -0.39 is 5.60 Å². The third-order valence-electron chi connectivity index (χ3n) is 7.83. The number of halogens is 1. The number of rotatable bonds is 5. The second-order valence-corrected chi connectivity index (χ2v) is 12.4. The number of piperidine rings is 1. The van der Waals surface area contributed by atoms with Gasteiger partial charge in [0, 0.05) is 49.1 Å². The highest BCUT2D eigenvalue weighted by molar-refractivity contribution is 6.20. The minimum Gasteiger partial charge on any atom is -0.444 e. The first kappa shape index (κ1) is 27.1. The molecule has 3 amide bonds. The van der Waals surface area contributed by atoms with Crippen molar-refractivity contribution in [2.24, 2.45) is 23.7 Å². The molecule has 1 aliphatic carbocycles. The molecule has 34 heavy (non-hydrogen) atoms. The van der Waals surface area contributed by atoms with Gasteiger partial charge in [0.2, 0.25) is 11.8 Å². The first-order valence-corrected chi connectivity index (χ1v) is 13.1. The molecule has 8 nitrogen and oxygen atoms in total. The van der Waals surface area contributed by atoms with Gasteiger partial charge in [-0.25, -0.2) is 4.79 Å². The summed E-state index contributed by atoms with van der Waals surface area (Å²) in [5.74, 6) is -0.0357. The second kappa shape index (κ2) is 10.6. The maximum absolute atomic E-state index is 13.2. The number of carbonyl (C=O) groups is 3. The molecular weight excluding hydrogens is 456 g/mol. The lowest BCUT2D eigenvalue weighted by Crippen LogP contribution is -2.64. The molecule has 2 aliphatic heterocycles. The average Bonchev–Trinajstić information content (AvgIpc) is 2.65. The maximum atomic E-state index is 13.2. The van der Waals surface area contributed by atoms with Gasteiger partial charge in [0.1, 0.15) is 5.60 Å². The zero-order chi connectivity index (χ0) is 25.4. The molecule has 0 aromatic heterocycles. The lowest BCUT2D eigenvalue weighted by Gasteiger charge is -2.50. The Balaban J connectivity index is 1.54. The van der Waals surface area contributed by atoms with Crippen molar-refractivity contribution in [2.45, 2.75) is 89.9 Å². The van der Waals surface area contributed by atoms with E-state index >= 15 is 0 Å². The molecule has 194 valence electrons. The van der Waals surface area contributed by atoms with E-state index in [4.69, 9.17) is 16.3 Å². The predicted octanol–water partition coefficient (Wildman–Crippen LogP) is 2.84. The van der Waals surface area contributed by atoms with Crippen LogP contribution in [0.15, 0.2) is 0 Å². The summed E-state index contributed by atoms with van der Waals surface area (Å²) in [6, 6.07) is 0.550. The quantitative estimate of drug-likeness (QED) is 0.569. The van der Waals surface area contributed by atoms with Gasteiger partial charge in [-0.05, 0) is 65.8 Å². The van der Waals surface area contributed by atoms with Crippen LogP contribution in [0.3, 0.4) is 0 Å². The monoisotopic (exact) mass is 498 g/mol. The molecule has 2 heterocycles. The molecule has 3 fully saturated rings. The summed E-state index contributed by atoms with van der Waals surface area (Å²) < 4.78 is 5.47. The van der Waals surface area contributed by atoms with E-state index in [9.17, 15) is 14.4 Å². The first-order chi connectivity index (χ1) is 15.8. The SMILES string of the molecule is CC1CC(C)C(CNC(=O)C2CC(Cl)CC(N(C)C3CN(C(=O)OC(C)(C)C)C3)C2C)C(=O)N1. The van der Waals surface area contributed by atoms with E-state index in [0.717, 1.165) is 12.8 Å². The molecule has 0 aromatic rings. The average molecular weight is 499 g/mol. The fourth-order valence-corrected chi connectivity index (χ4v) is 6.07. The van der Waals surface area contributed by atoms with Crippen LogP contribution in [0, 0.1) is 23.7 Å². The number of likely N-dealkylation sites (N-methyl/N-ethyl adjacent to an activating group) is 1. The van der Waals surface area contributed by atoms with Crippen LogP contribution >= 0.6 is 11.6 Å². The van der Waals surface area contributed by atoms with E-state index in [1.54, 1.807) is 4.90 Å². The van der Waals surface area contributed by atoms with Crippen molar-refractivity contribution in [3.05, 3.63) is 0 Å². The number of nitrogens with one attached hydrogen (secondary N) is 2. The number of hydrogen-bond acceptors (Lipinski definition) is 5. The Morgan fingerprint density at radius 3 is 2.41 bits per heavy atom. The van der Waals surface area contributed by atoms with Gasteiger partial charge in [-0.3, -0.25) is 14.5 Å². The Morgan fingerprint density at radius 2 is 1.82 bits per heavy atom. The Morgan fingerprint density at radius 1 is 1.18 bits per heavy atom. The molecule has 0 aromatic carbocycles. The highest BCUT2D eigenvalue weighted by Crippen LogP contribution is 2.37. The third kappa shape index (κ3) is 6.36. The summed E-state index contributed by atoms with van der Waals surface area (Å²) in [5.41, 5.74) is -0.507. The van der Waals surface area contributed by atoms with Crippen molar-refractivity contribution in [3.8, 4) is 0 Å². The number of nitrogens with zero attached hydrogens (tertiary/aromatic N) is 2. The molecular formula is C25H43ClN4O4. The summed E-state index contributed by atoms with van der Waals surface area (Å²) in [6.07, 6.45) is 2.09. The lowest BCUT2D eigenvalue weighted by molar-refractivity contribution is -0.132. The molecule has 3 rings (SSSR count). The van der Waals surface area contributed by atoms with Crippen molar-refractivity contribution < 1.29 is 19.1 Å². The predicted molar refractivity (Wildman–Crippen MR) is 133 cm³/mol. The van der Waals surface area contributed by atoms with Gasteiger partial charge in [0.05, 0.1) is 5.92 Å². The highest BCUT2D eigenvalue weighted by Gasteiger charge is 2.45. The zero-order valence-electron chi connectivity index (χ0n) is 21.8. The van der Waals surface area contributed by atoms with Crippen LogP contribution in [0.1, 0.15) is 60.8 Å². The minimum absolute atomic E-state index is 0.0149. The van der Waals surface area contributed by atoms with Gasteiger partial charge in [-0.1, -0.05) is 13.8 Å². The standard InChI is InChI=1S/C25H43ClN4O4/c1-14-8-15(2)28-23(32)20(14)11-27-22(31)19-9-17(26)10-21(16(19)3)29(7)18-12-30(13-18)24(33)34-25(4,5)6/h14-21H,8-13H2,1-7H3,(H,27,31)(H,28,32). The summed E-state index contributed by atoms with van der Waals surface area (Å²) in [7, 11) is 2.07. The van der Waals surface area contributed by atoms with Crippen LogP contribution in [-0.2, 0) is 14.3 Å². The number of hydrogen-bond donors (Lipinski definition) is 2. The number of ether oxygens (including phenoxy) is 1. The largest absolute Gasteiger partial charge is 0.444 e. The second-order valence-electron chi connectivity index (χ2n) is 11.8. The maximum Gasteiger partial charge on any atom is 0.410 e. The van der Waals surface area contributed by atoms with Crippen LogP contribution in [0.4, 0.5) is 4.79 Å². The Bertz CT molecular complexity index is 767. The number of amides is 3. The molecule has 1 saturated carbocycles. The van der Waals surface area contributed by atoms with E-state index in [1.807, 2.05) is 27.7 Å². The molecule has 2 saturated heterocycles. The van der Waals surface area contributed by atoms with Crippen LogP contribution in [0.5, 0.6) is 0 Å². The number of likely N-dealkylation sites (tertiary alicyclic amines) is 1. The fraction of sp³-hybridized carbons (Fsp3) is 0.880. The molecule has 3 aliphatic rings. The molecule has 7 unspecified atom stereocenters. The van der Waals surface area contributed by atoms with Crippen molar-refractivity contribution in [1.82, 2.24) is 20.4 Å². The lowest BCUT2D eigenvalue weighted by atomic mass is 9.74. The molecule has 9 heteroatoms. The van der Waals surface area contributed by atoms with Gasteiger partial charge in [0.15, 0.2) is 0 Å². The van der Waals surface area contributed by atoms with E-state index in [1.165, 1.54) is 0 Å². The van der Waals surface area contributed by atoms with Crippen molar-refractivity contribution in [2.75, 3.05) is 26.7 Å². The smallest absolute Gasteiger partial charge is 0.410 e. The highest BCUT2D eigenvalue weighted by atomic mass is 35.5. The van der Waals surface area contributed by atoms with Gasteiger partial charge in [0.25, 0.3) is 0 Å². The minimum atomic E-state index is -0.507. The normalized spacial score (nSPS) is 34.9. The van der Waals surface area contributed by atoms with Crippen LogP contribution in [0.2, 0.25) is 0 Å². The molecule has 7 atom stereocenters. The number of carbonyl (C=O) groups excluding carboxylic acids is 3. The Labute approximate surface area is 209 Å². The first-order valence-electron chi connectivity index (χ1n) is 12.7. The molecule has 0 radical (unpaired) electrons. The van der Waals surface area contributed by atoms with Crippen molar-refractivity contribution in [3.63, 3.8) is 0 Å². The molecule has 2 N–H and O–H groups in total. The van der Waals surface area contributed by atoms with Gasteiger partial charge < -0.3 is 20.3 Å². The van der Waals surface area contributed by atoms with Gasteiger partial charge in [-0.15, -0.1) is 11.6 Å². The fourth-order valence-electron chi connectivity index (χ4n) is 5.70. The van der Waals surface area contributed by atoms with E-state index in [-0.39, 0.29) is 65.1 Å². The third-order valence-corrected chi connectivity index (χ3v) is 8.19. The molecule has 0 spiro atoms. The zero-order valence-corrected chi connectivity index (χ0v) is 22.5. The Kier molecular flexibility index (Phi) is 8.44. The van der Waals surface area contributed by atoms with Crippen molar-refractivity contribution in [1.29, 1.82) is 0 Å².